The summed E-state index contributed by atoms with van der Waals surface area (Å²) in [5.41, 5.74) is 0.392. The molecule has 0 aromatic carbocycles. The monoisotopic (exact) mass is 303 g/mol. The molecule has 0 saturated heterocycles. The standard InChI is InChI=1S/C19H29NO2/c1-18-9-7-13(20-22)11-12(18)3-4-14-15-5-6-17(21)19(15,2)10-8-16(14)18/h12-16H,3-11H2,1-2H3/t12?,13-,14?,15?,16?,18+,19?/m1/s1. The molecular formula is C19H29NO2. The van der Waals surface area contributed by atoms with Crippen LogP contribution in [-0.2, 0) is 4.79 Å². The van der Waals surface area contributed by atoms with E-state index < -0.39 is 0 Å². The zero-order chi connectivity index (χ0) is 15.5. The summed E-state index contributed by atoms with van der Waals surface area (Å²) in [4.78, 5) is 23.4. The smallest absolute Gasteiger partial charge is 0.139 e. The molecule has 0 bridgehead atoms. The number of fused-ring (bicyclic) bond motifs is 5. The number of carbonyl (C=O) groups is 1. The summed E-state index contributed by atoms with van der Waals surface area (Å²) in [7, 11) is 0. The zero-order valence-corrected chi connectivity index (χ0v) is 14.0. The lowest BCUT2D eigenvalue weighted by Gasteiger charge is -2.59. The minimum absolute atomic E-state index is 0.00802. The maximum absolute atomic E-state index is 12.4. The fraction of sp³-hybridized carbons (Fsp3) is 0.947. The SMILES string of the molecule is CC12CCC3C(CCC4C[C@H](N=O)CC[C@@]43C)C1CCC2=O. The van der Waals surface area contributed by atoms with Crippen LogP contribution in [0.5, 0.6) is 0 Å². The molecule has 4 rings (SSSR count). The van der Waals surface area contributed by atoms with Crippen LogP contribution in [0.2, 0.25) is 0 Å². The van der Waals surface area contributed by atoms with Crippen LogP contribution in [-0.4, -0.2) is 11.8 Å². The summed E-state index contributed by atoms with van der Waals surface area (Å²) < 4.78 is 0. The third-order valence-electron chi connectivity index (χ3n) is 8.50. The van der Waals surface area contributed by atoms with Gasteiger partial charge in [0.1, 0.15) is 5.78 Å². The van der Waals surface area contributed by atoms with E-state index in [2.05, 4.69) is 19.0 Å². The number of nitroso groups, excluding NO2 is 1. The summed E-state index contributed by atoms with van der Waals surface area (Å²) >= 11 is 0. The molecule has 0 aromatic heterocycles. The van der Waals surface area contributed by atoms with Gasteiger partial charge in [0.2, 0.25) is 0 Å². The Balaban J connectivity index is 1.61. The maximum atomic E-state index is 12.4. The van der Waals surface area contributed by atoms with E-state index in [1.807, 2.05) is 0 Å². The molecule has 4 fully saturated rings. The molecule has 122 valence electrons. The molecule has 0 heterocycles. The molecule has 0 amide bonds. The van der Waals surface area contributed by atoms with Gasteiger partial charge in [-0.3, -0.25) is 4.79 Å². The topological polar surface area (TPSA) is 46.5 Å². The van der Waals surface area contributed by atoms with E-state index in [4.69, 9.17) is 0 Å². The van der Waals surface area contributed by atoms with E-state index in [0.717, 1.165) is 43.9 Å². The quantitative estimate of drug-likeness (QED) is 0.657. The molecule has 4 aliphatic rings. The highest BCUT2D eigenvalue weighted by Crippen LogP contribution is 2.65. The van der Waals surface area contributed by atoms with Gasteiger partial charge in [-0.1, -0.05) is 19.0 Å². The van der Waals surface area contributed by atoms with Gasteiger partial charge in [0.05, 0.1) is 6.04 Å². The van der Waals surface area contributed by atoms with Crippen molar-refractivity contribution in [2.75, 3.05) is 0 Å². The van der Waals surface area contributed by atoms with Crippen LogP contribution in [0.4, 0.5) is 0 Å². The highest BCUT2D eigenvalue weighted by Gasteiger charge is 2.60. The zero-order valence-electron chi connectivity index (χ0n) is 14.0. The summed E-state index contributed by atoms with van der Waals surface area (Å²) in [5, 5.41) is 3.35. The molecule has 3 nitrogen and oxygen atoms in total. The minimum atomic E-state index is -0.00802. The van der Waals surface area contributed by atoms with Crippen molar-refractivity contribution in [3.63, 3.8) is 0 Å². The second kappa shape index (κ2) is 4.88. The average Bonchev–Trinajstić information content (AvgIpc) is 2.82. The van der Waals surface area contributed by atoms with Gasteiger partial charge < -0.3 is 0 Å². The van der Waals surface area contributed by atoms with Crippen LogP contribution in [0.15, 0.2) is 5.18 Å². The van der Waals surface area contributed by atoms with Gasteiger partial charge in [-0.15, -0.1) is 0 Å². The Bertz CT molecular complexity index is 504. The Morgan fingerprint density at radius 1 is 1.00 bits per heavy atom. The number of nitrogens with zero attached hydrogens (tertiary/aromatic N) is 1. The molecule has 5 unspecified atom stereocenters. The number of rotatable bonds is 1. The first-order valence-electron chi connectivity index (χ1n) is 9.35. The normalized spacial score (nSPS) is 54.3. The third-order valence-corrected chi connectivity index (χ3v) is 8.50. The number of carbonyl (C=O) groups excluding carboxylic acids is 1. The summed E-state index contributed by atoms with van der Waals surface area (Å²) in [6, 6.07) is 0.0662. The minimum Gasteiger partial charge on any atom is -0.299 e. The highest BCUT2D eigenvalue weighted by molar-refractivity contribution is 5.87. The second-order valence-corrected chi connectivity index (χ2v) is 9.11. The summed E-state index contributed by atoms with van der Waals surface area (Å²) in [5.74, 6) is 3.40. The number of Topliss-reactive ketones (excluding diaryl/α,β-unsaturated/α-hetero) is 1. The number of ketones is 1. The first kappa shape index (κ1) is 14.8. The van der Waals surface area contributed by atoms with Crippen LogP contribution in [0, 0.1) is 39.4 Å². The summed E-state index contributed by atoms with van der Waals surface area (Å²) in [6.45, 7) is 4.75. The summed E-state index contributed by atoms with van der Waals surface area (Å²) in [6.07, 6.45) is 10.0. The molecule has 4 saturated carbocycles. The van der Waals surface area contributed by atoms with Crippen molar-refractivity contribution in [1.29, 1.82) is 0 Å². The van der Waals surface area contributed by atoms with Crippen molar-refractivity contribution in [2.45, 2.75) is 77.7 Å². The van der Waals surface area contributed by atoms with Crippen molar-refractivity contribution in [2.24, 2.45) is 39.7 Å². The van der Waals surface area contributed by atoms with Gasteiger partial charge in [0.25, 0.3) is 0 Å². The highest BCUT2D eigenvalue weighted by atomic mass is 16.3. The molecule has 4 aliphatic carbocycles. The van der Waals surface area contributed by atoms with Gasteiger partial charge in [0.15, 0.2) is 0 Å². The van der Waals surface area contributed by atoms with Gasteiger partial charge in [-0.2, -0.15) is 4.91 Å². The molecule has 3 heteroatoms. The Morgan fingerprint density at radius 3 is 2.59 bits per heavy atom. The van der Waals surface area contributed by atoms with E-state index in [1.54, 1.807) is 0 Å². The van der Waals surface area contributed by atoms with Crippen LogP contribution in [0.1, 0.15) is 71.6 Å². The Kier molecular flexibility index (Phi) is 3.29. The maximum Gasteiger partial charge on any atom is 0.139 e. The molecular weight excluding hydrogens is 274 g/mol. The van der Waals surface area contributed by atoms with Gasteiger partial charge in [0, 0.05) is 11.8 Å². The van der Waals surface area contributed by atoms with Crippen LogP contribution >= 0.6 is 0 Å². The largest absolute Gasteiger partial charge is 0.299 e. The van der Waals surface area contributed by atoms with E-state index in [9.17, 15) is 9.70 Å². The molecule has 0 aliphatic heterocycles. The first-order chi connectivity index (χ1) is 10.5. The number of hydrogen-bond donors (Lipinski definition) is 0. The molecule has 7 atom stereocenters. The van der Waals surface area contributed by atoms with Crippen molar-refractivity contribution >= 4 is 5.78 Å². The van der Waals surface area contributed by atoms with Crippen molar-refractivity contribution in [1.82, 2.24) is 0 Å². The average molecular weight is 303 g/mol. The molecule has 22 heavy (non-hydrogen) atoms. The molecule has 0 N–H and O–H groups in total. The lowest BCUT2D eigenvalue weighted by molar-refractivity contribution is -0.139. The van der Waals surface area contributed by atoms with Crippen molar-refractivity contribution in [3.05, 3.63) is 4.91 Å². The predicted molar refractivity (Wildman–Crippen MR) is 86.3 cm³/mol. The number of hydrogen-bond acceptors (Lipinski definition) is 3. The van der Waals surface area contributed by atoms with Gasteiger partial charge in [-0.25, -0.2) is 0 Å². The lowest BCUT2D eigenvalue weighted by atomic mass is 9.45. The fourth-order valence-corrected chi connectivity index (χ4v) is 7.10. The first-order valence-corrected chi connectivity index (χ1v) is 9.35. The van der Waals surface area contributed by atoms with E-state index in [1.165, 1.54) is 25.7 Å². The fourth-order valence-electron chi connectivity index (χ4n) is 7.10. The molecule has 0 aromatic rings. The van der Waals surface area contributed by atoms with Crippen molar-refractivity contribution in [3.8, 4) is 0 Å². The molecule has 0 spiro atoms. The Labute approximate surface area is 133 Å². The van der Waals surface area contributed by atoms with Gasteiger partial charge in [-0.05, 0) is 80.5 Å². The lowest BCUT2D eigenvalue weighted by Crippen LogP contribution is -2.53. The van der Waals surface area contributed by atoms with Gasteiger partial charge >= 0.3 is 0 Å². The van der Waals surface area contributed by atoms with E-state index >= 15 is 0 Å². The predicted octanol–water partition coefficient (Wildman–Crippen LogP) is 4.73. The van der Waals surface area contributed by atoms with Crippen LogP contribution in [0.25, 0.3) is 0 Å². The third kappa shape index (κ3) is 1.83. The Hall–Kier alpha value is -0.730. The molecule has 0 radical (unpaired) electrons. The van der Waals surface area contributed by atoms with Crippen molar-refractivity contribution < 1.29 is 4.79 Å². The van der Waals surface area contributed by atoms with Crippen LogP contribution in [0.3, 0.4) is 0 Å². The second-order valence-electron chi connectivity index (χ2n) is 9.11. The Morgan fingerprint density at radius 2 is 1.82 bits per heavy atom. The van der Waals surface area contributed by atoms with Crippen LogP contribution < -0.4 is 0 Å². The van der Waals surface area contributed by atoms with E-state index in [-0.39, 0.29) is 11.5 Å². The van der Waals surface area contributed by atoms with E-state index in [0.29, 0.717) is 23.0 Å².